The van der Waals surface area contributed by atoms with Crippen LogP contribution in [0, 0.1) is 0 Å². The number of anilines is 6. The molecule has 0 aliphatic rings. The van der Waals surface area contributed by atoms with Crippen LogP contribution in [0.2, 0.25) is 0 Å². The highest BCUT2D eigenvalue weighted by Crippen LogP contribution is 2.37. The molecular weight excluding hydrogens is 597 g/mol. The molecule has 0 aliphatic carbocycles. The van der Waals surface area contributed by atoms with Gasteiger partial charge in [-0.15, -0.1) is 0 Å². The summed E-state index contributed by atoms with van der Waals surface area (Å²) >= 11 is 0. The molecule has 0 saturated carbocycles. The third kappa shape index (κ3) is 7.42. The van der Waals surface area contributed by atoms with Gasteiger partial charge in [0.1, 0.15) is 25.0 Å². The Morgan fingerprint density at radius 2 is 0.674 bits per heavy atom. The maximum atomic E-state index is 2.33. The lowest BCUT2D eigenvalue weighted by atomic mass is 10.1. The molecular formula is C42H40N2S2+2. The highest BCUT2D eigenvalue weighted by Gasteiger charge is 2.17. The summed E-state index contributed by atoms with van der Waals surface area (Å²) in [6.45, 7) is 0. The number of rotatable bonds is 10. The molecule has 0 unspecified atom stereocenters. The minimum Gasteiger partial charge on any atom is -0.310 e. The predicted molar refractivity (Wildman–Crippen MR) is 206 cm³/mol. The molecule has 0 atom stereocenters. The summed E-state index contributed by atoms with van der Waals surface area (Å²) in [4.78, 5) is 7.39. The molecule has 0 spiro atoms. The van der Waals surface area contributed by atoms with Crippen molar-refractivity contribution in [1.29, 1.82) is 0 Å². The molecule has 0 N–H and O–H groups in total. The molecule has 0 radical (unpaired) electrons. The van der Waals surface area contributed by atoms with E-state index in [2.05, 4.69) is 205 Å². The van der Waals surface area contributed by atoms with E-state index >= 15 is 0 Å². The van der Waals surface area contributed by atoms with Crippen molar-refractivity contribution in [3.8, 4) is 0 Å². The first kappa shape index (κ1) is 31.3. The van der Waals surface area contributed by atoms with Crippen LogP contribution in [-0.2, 0) is 21.8 Å². The highest BCUT2D eigenvalue weighted by atomic mass is 32.2. The van der Waals surface area contributed by atoms with E-state index in [4.69, 9.17) is 0 Å². The molecule has 0 amide bonds. The summed E-state index contributed by atoms with van der Waals surface area (Å²) < 4.78 is 0. The topological polar surface area (TPSA) is 6.48 Å². The zero-order valence-corrected chi connectivity index (χ0v) is 28.5. The van der Waals surface area contributed by atoms with E-state index in [1.807, 2.05) is 0 Å². The van der Waals surface area contributed by atoms with E-state index in [0.717, 1.165) is 33.9 Å². The summed E-state index contributed by atoms with van der Waals surface area (Å²) in [6.07, 6.45) is 13.5. The standard InChI is InChI=1S/C42H40N2S2/c1-45(2)41-19-11-17-39(31-41)43(35-13-7-5-8-14-35)37-27-23-33(24-28-37)21-22-34-25-29-38(30-26-34)44(36-15-9-6-10-16-36)40-18-12-20-42(32-40)46(3)4/h5-32H,1-4H3/q+2/b22-21+. The Kier molecular flexibility index (Phi) is 9.97. The molecule has 228 valence electrons. The molecule has 0 aliphatic heterocycles. The Labute approximate surface area is 280 Å². The maximum Gasteiger partial charge on any atom is 0.156 e. The summed E-state index contributed by atoms with van der Waals surface area (Å²) in [5.41, 5.74) is 9.25. The molecule has 4 heteroatoms. The lowest BCUT2D eigenvalue weighted by molar-refractivity contribution is 1.26. The Bertz CT molecular complexity index is 1740. The molecule has 6 rings (SSSR count). The summed E-state index contributed by atoms with van der Waals surface area (Å²) in [7, 11) is 0.383. The van der Waals surface area contributed by atoms with Crippen LogP contribution in [0.4, 0.5) is 34.1 Å². The fraction of sp³-hybridized carbons (Fsp3) is 0.0952. The lowest BCUT2D eigenvalue weighted by Gasteiger charge is -2.25. The van der Waals surface area contributed by atoms with Gasteiger partial charge in [0.25, 0.3) is 0 Å². The van der Waals surface area contributed by atoms with Crippen molar-refractivity contribution in [2.24, 2.45) is 0 Å². The first-order valence-corrected chi connectivity index (χ1v) is 19.5. The predicted octanol–water partition coefficient (Wildman–Crippen LogP) is 11.3. The van der Waals surface area contributed by atoms with E-state index in [-0.39, 0.29) is 21.8 Å². The van der Waals surface area contributed by atoms with Gasteiger partial charge in [-0.1, -0.05) is 84.9 Å². The van der Waals surface area contributed by atoms with Gasteiger partial charge in [-0.05, 0) is 83.9 Å². The Morgan fingerprint density at radius 3 is 1.02 bits per heavy atom. The van der Waals surface area contributed by atoms with E-state index in [9.17, 15) is 0 Å². The van der Waals surface area contributed by atoms with Crippen LogP contribution in [0.3, 0.4) is 0 Å². The zero-order valence-electron chi connectivity index (χ0n) is 26.9. The van der Waals surface area contributed by atoms with Gasteiger partial charge >= 0.3 is 0 Å². The summed E-state index contributed by atoms with van der Waals surface area (Å²) in [6, 6.07) is 56.6. The second kappa shape index (κ2) is 14.6. The SMILES string of the molecule is C[S+](C)c1cccc(N(c2ccccc2)c2ccc(/C=C/c3ccc(N(c4ccccc4)c4cccc([S+](C)C)c4)cc3)cc2)c1. The molecule has 46 heavy (non-hydrogen) atoms. The number of nitrogens with zero attached hydrogens (tertiary/aromatic N) is 2. The Hall–Kier alpha value is -4.64. The van der Waals surface area contributed by atoms with Crippen LogP contribution in [0.15, 0.2) is 168 Å². The van der Waals surface area contributed by atoms with Crippen molar-refractivity contribution < 1.29 is 0 Å². The monoisotopic (exact) mass is 636 g/mol. The first-order chi connectivity index (χ1) is 22.5. The largest absolute Gasteiger partial charge is 0.310 e. The fourth-order valence-electron chi connectivity index (χ4n) is 5.46. The van der Waals surface area contributed by atoms with E-state index in [1.54, 1.807) is 0 Å². The van der Waals surface area contributed by atoms with Gasteiger partial charge in [0.2, 0.25) is 0 Å². The lowest BCUT2D eigenvalue weighted by Crippen LogP contribution is -2.10. The molecule has 6 aromatic carbocycles. The third-order valence-corrected chi connectivity index (χ3v) is 10.3. The van der Waals surface area contributed by atoms with Crippen molar-refractivity contribution >= 4 is 68.1 Å². The summed E-state index contributed by atoms with van der Waals surface area (Å²) in [5.74, 6) is 0. The first-order valence-electron chi connectivity index (χ1n) is 15.4. The van der Waals surface area contributed by atoms with E-state index in [0.29, 0.717) is 0 Å². The average Bonchev–Trinajstić information content (AvgIpc) is 3.10. The van der Waals surface area contributed by atoms with Crippen LogP contribution in [0.5, 0.6) is 0 Å². The molecule has 0 aromatic heterocycles. The number of benzene rings is 6. The van der Waals surface area contributed by atoms with Gasteiger partial charge in [0.15, 0.2) is 9.79 Å². The Balaban J connectivity index is 1.24. The molecule has 6 aromatic rings. The van der Waals surface area contributed by atoms with Gasteiger partial charge in [0.05, 0.1) is 11.4 Å². The van der Waals surface area contributed by atoms with E-state index < -0.39 is 0 Å². The highest BCUT2D eigenvalue weighted by molar-refractivity contribution is 7.95. The second-order valence-electron chi connectivity index (χ2n) is 11.5. The van der Waals surface area contributed by atoms with Gasteiger partial charge in [0, 0.05) is 56.7 Å². The van der Waals surface area contributed by atoms with Crippen molar-refractivity contribution in [2.75, 3.05) is 34.8 Å². The van der Waals surface area contributed by atoms with Crippen molar-refractivity contribution in [3.05, 3.63) is 169 Å². The minimum absolute atomic E-state index is 0.192. The van der Waals surface area contributed by atoms with Gasteiger partial charge in [-0.3, -0.25) is 0 Å². The molecule has 2 nitrogen and oxygen atoms in total. The minimum atomic E-state index is 0.192. The van der Waals surface area contributed by atoms with Crippen molar-refractivity contribution in [2.45, 2.75) is 9.79 Å². The smallest absolute Gasteiger partial charge is 0.156 e. The second-order valence-corrected chi connectivity index (χ2v) is 15.7. The van der Waals surface area contributed by atoms with E-state index in [1.165, 1.54) is 21.2 Å². The number of hydrogen-bond acceptors (Lipinski definition) is 2. The average molecular weight is 637 g/mol. The van der Waals surface area contributed by atoms with Crippen molar-refractivity contribution in [3.63, 3.8) is 0 Å². The quantitative estimate of drug-likeness (QED) is 0.109. The van der Waals surface area contributed by atoms with Crippen LogP contribution < -0.4 is 9.80 Å². The Morgan fingerprint density at radius 1 is 0.348 bits per heavy atom. The van der Waals surface area contributed by atoms with Gasteiger partial charge in [-0.2, -0.15) is 0 Å². The number of para-hydroxylation sites is 2. The zero-order chi connectivity index (χ0) is 31.9. The van der Waals surface area contributed by atoms with Crippen molar-refractivity contribution in [1.82, 2.24) is 0 Å². The van der Waals surface area contributed by atoms with Gasteiger partial charge < -0.3 is 9.80 Å². The third-order valence-electron chi connectivity index (χ3n) is 7.89. The molecule has 0 bridgehead atoms. The molecule has 0 heterocycles. The van der Waals surface area contributed by atoms with Crippen LogP contribution in [0.25, 0.3) is 12.2 Å². The number of hydrogen-bond donors (Lipinski definition) is 0. The normalized spacial score (nSPS) is 11.3. The molecule has 0 fully saturated rings. The maximum absolute atomic E-state index is 2.33. The van der Waals surface area contributed by atoms with Crippen LogP contribution in [0.1, 0.15) is 11.1 Å². The van der Waals surface area contributed by atoms with Gasteiger partial charge in [-0.25, -0.2) is 0 Å². The molecule has 0 saturated heterocycles. The summed E-state index contributed by atoms with van der Waals surface area (Å²) in [5, 5.41) is 0. The van der Waals surface area contributed by atoms with Crippen LogP contribution in [-0.4, -0.2) is 25.0 Å². The fourth-order valence-corrected chi connectivity index (χ4v) is 6.88. The van der Waals surface area contributed by atoms with Crippen LogP contribution >= 0.6 is 0 Å².